The molecule has 16 heavy (non-hydrogen) atoms. The van der Waals surface area contributed by atoms with Gasteiger partial charge in [-0.15, -0.1) is 0 Å². The largest absolute Gasteiger partial charge is 0.377 e. The van der Waals surface area contributed by atoms with E-state index in [1.165, 1.54) is 12.1 Å². The summed E-state index contributed by atoms with van der Waals surface area (Å²) in [5.41, 5.74) is 0.712. The lowest BCUT2D eigenvalue weighted by molar-refractivity contribution is -0.0107. The second-order valence-electron chi connectivity index (χ2n) is 4.35. The highest BCUT2D eigenvalue weighted by molar-refractivity contribution is 5.22. The maximum Gasteiger partial charge on any atom is 0.123 e. The molecule has 0 aliphatic heterocycles. The Morgan fingerprint density at radius 3 is 2.31 bits per heavy atom. The predicted molar refractivity (Wildman–Crippen MR) is 63.9 cm³/mol. The van der Waals surface area contributed by atoms with Crippen molar-refractivity contribution in [1.29, 1.82) is 0 Å². The number of hydrogen-bond acceptors (Lipinski definition) is 2. The molecule has 1 rings (SSSR count). The predicted octanol–water partition coefficient (Wildman–Crippen LogP) is 2.90. The number of ether oxygens (including phenoxy) is 1. The van der Waals surface area contributed by atoms with Crippen molar-refractivity contribution in [3.05, 3.63) is 35.6 Å². The van der Waals surface area contributed by atoms with Crippen LogP contribution in [0.4, 0.5) is 4.39 Å². The van der Waals surface area contributed by atoms with Crippen LogP contribution < -0.4 is 5.32 Å². The van der Waals surface area contributed by atoms with Crippen LogP contribution in [0.25, 0.3) is 0 Å². The lowest BCUT2D eigenvalue weighted by Gasteiger charge is -2.34. The summed E-state index contributed by atoms with van der Waals surface area (Å²) in [6.45, 7) is 6.92. The second-order valence-corrected chi connectivity index (χ2v) is 4.35. The summed E-state index contributed by atoms with van der Waals surface area (Å²) in [5.74, 6) is -0.214. The number of rotatable bonds is 5. The maximum absolute atomic E-state index is 12.9. The molecule has 1 aromatic carbocycles. The average Bonchev–Trinajstić information content (AvgIpc) is 2.27. The zero-order valence-corrected chi connectivity index (χ0v) is 10.4. The highest BCUT2D eigenvalue weighted by atomic mass is 19.1. The third-order valence-electron chi connectivity index (χ3n) is 2.83. The molecular formula is C13H20FNO. The quantitative estimate of drug-likeness (QED) is 0.832. The van der Waals surface area contributed by atoms with Crippen LogP contribution in [0.15, 0.2) is 24.3 Å². The SMILES string of the molecule is CCNC(c1ccc(F)cc1)C(C)(C)OC. The van der Waals surface area contributed by atoms with Crippen LogP contribution in [-0.2, 0) is 4.74 Å². The lowest BCUT2D eigenvalue weighted by atomic mass is 9.91. The third-order valence-corrected chi connectivity index (χ3v) is 2.83. The van der Waals surface area contributed by atoms with Crippen molar-refractivity contribution in [1.82, 2.24) is 5.32 Å². The van der Waals surface area contributed by atoms with E-state index in [1.807, 2.05) is 20.8 Å². The molecule has 0 spiro atoms. The van der Waals surface area contributed by atoms with E-state index in [0.717, 1.165) is 12.1 Å². The number of nitrogens with one attached hydrogen (secondary N) is 1. The topological polar surface area (TPSA) is 21.3 Å². The summed E-state index contributed by atoms with van der Waals surface area (Å²) < 4.78 is 18.3. The molecule has 0 aromatic heterocycles. The first-order valence-corrected chi connectivity index (χ1v) is 5.55. The van der Waals surface area contributed by atoms with Crippen LogP contribution in [0, 0.1) is 5.82 Å². The summed E-state index contributed by atoms with van der Waals surface area (Å²) >= 11 is 0. The first-order valence-electron chi connectivity index (χ1n) is 5.55. The van der Waals surface area contributed by atoms with Crippen LogP contribution in [0.2, 0.25) is 0 Å². The van der Waals surface area contributed by atoms with Crippen molar-refractivity contribution in [2.45, 2.75) is 32.4 Å². The van der Waals surface area contributed by atoms with Crippen molar-refractivity contribution < 1.29 is 9.13 Å². The highest BCUT2D eigenvalue weighted by Crippen LogP contribution is 2.28. The number of methoxy groups -OCH3 is 1. The number of halogens is 1. The lowest BCUT2D eigenvalue weighted by Crippen LogP contribution is -2.40. The fraction of sp³-hybridized carbons (Fsp3) is 0.538. The summed E-state index contributed by atoms with van der Waals surface area (Å²) in [6.07, 6.45) is 0. The zero-order valence-electron chi connectivity index (χ0n) is 10.4. The van der Waals surface area contributed by atoms with Gasteiger partial charge >= 0.3 is 0 Å². The van der Waals surface area contributed by atoms with Crippen molar-refractivity contribution in [2.75, 3.05) is 13.7 Å². The van der Waals surface area contributed by atoms with Gasteiger partial charge < -0.3 is 10.1 Å². The Hall–Kier alpha value is -0.930. The van der Waals surface area contributed by atoms with Crippen LogP contribution in [-0.4, -0.2) is 19.3 Å². The van der Waals surface area contributed by atoms with Gasteiger partial charge in [0.1, 0.15) is 5.82 Å². The monoisotopic (exact) mass is 225 g/mol. The van der Waals surface area contributed by atoms with Crippen LogP contribution >= 0.6 is 0 Å². The van der Waals surface area contributed by atoms with Gasteiger partial charge in [0.05, 0.1) is 11.6 Å². The molecule has 0 bridgehead atoms. The van der Waals surface area contributed by atoms with Gasteiger partial charge in [0, 0.05) is 7.11 Å². The number of hydrogen-bond donors (Lipinski definition) is 1. The van der Waals surface area contributed by atoms with Crippen molar-refractivity contribution in [2.24, 2.45) is 0 Å². The third kappa shape index (κ3) is 3.03. The molecule has 2 nitrogen and oxygen atoms in total. The molecule has 90 valence electrons. The van der Waals surface area contributed by atoms with E-state index in [2.05, 4.69) is 5.32 Å². The van der Waals surface area contributed by atoms with Gasteiger partial charge in [-0.25, -0.2) is 4.39 Å². The summed E-state index contributed by atoms with van der Waals surface area (Å²) in [7, 11) is 1.69. The van der Waals surface area contributed by atoms with Gasteiger partial charge in [0.2, 0.25) is 0 Å². The van der Waals surface area contributed by atoms with Gasteiger partial charge in [-0.3, -0.25) is 0 Å². The van der Waals surface area contributed by atoms with E-state index >= 15 is 0 Å². The molecule has 0 heterocycles. The van der Waals surface area contributed by atoms with Gasteiger partial charge in [-0.05, 0) is 38.1 Å². The Labute approximate surface area is 96.8 Å². The van der Waals surface area contributed by atoms with E-state index in [-0.39, 0.29) is 17.5 Å². The van der Waals surface area contributed by atoms with E-state index in [9.17, 15) is 4.39 Å². The van der Waals surface area contributed by atoms with Gasteiger partial charge in [0.15, 0.2) is 0 Å². The standard InChI is InChI=1S/C13H20FNO/c1-5-15-12(13(2,3)16-4)10-6-8-11(14)9-7-10/h6-9,12,15H,5H2,1-4H3. The summed E-state index contributed by atoms with van der Waals surface area (Å²) in [6, 6.07) is 6.60. The van der Waals surface area contributed by atoms with Gasteiger partial charge in [0.25, 0.3) is 0 Å². The minimum absolute atomic E-state index is 0.0584. The first kappa shape index (κ1) is 13.1. The molecular weight excluding hydrogens is 205 g/mol. The molecule has 1 N–H and O–H groups in total. The molecule has 0 saturated heterocycles. The molecule has 0 radical (unpaired) electrons. The molecule has 0 saturated carbocycles. The van der Waals surface area contributed by atoms with Crippen molar-refractivity contribution in [3.8, 4) is 0 Å². The molecule has 1 aromatic rings. The highest BCUT2D eigenvalue weighted by Gasteiger charge is 2.29. The number of likely N-dealkylation sites (N-methyl/N-ethyl adjacent to an activating group) is 1. The van der Waals surface area contributed by atoms with E-state index in [4.69, 9.17) is 4.74 Å². The Kier molecular flexibility index (Phi) is 4.44. The van der Waals surface area contributed by atoms with Crippen molar-refractivity contribution >= 4 is 0 Å². The van der Waals surface area contributed by atoms with Gasteiger partial charge in [-0.2, -0.15) is 0 Å². The molecule has 0 fully saturated rings. The minimum Gasteiger partial charge on any atom is -0.377 e. The fourth-order valence-corrected chi connectivity index (χ4v) is 1.74. The van der Waals surface area contributed by atoms with Crippen LogP contribution in [0.3, 0.4) is 0 Å². The van der Waals surface area contributed by atoms with E-state index < -0.39 is 0 Å². The van der Waals surface area contributed by atoms with E-state index in [0.29, 0.717) is 0 Å². The zero-order chi connectivity index (χ0) is 12.2. The van der Waals surface area contributed by atoms with Crippen LogP contribution in [0.5, 0.6) is 0 Å². The molecule has 0 aliphatic rings. The molecule has 0 aliphatic carbocycles. The Morgan fingerprint density at radius 1 is 1.31 bits per heavy atom. The van der Waals surface area contributed by atoms with Crippen molar-refractivity contribution in [3.63, 3.8) is 0 Å². The smallest absolute Gasteiger partial charge is 0.123 e. The minimum atomic E-state index is -0.326. The molecule has 1 unspecified atom stereocenters. The van der Waals surface area contributed by atoms with E-state index in [1.54, 1.807) is 19.2 Å². The molecule has 3 heteroatoms. The normalized spacial score (nSPS) is 13.8. The summed E-state index contributed by atoms with van der Waals surface area (Å²) in [5, 5.41) is 3.36. The second kappa shape index (κ2) is 5.41. The Bertz CT molecular complexity index is 321. The number of benzene rings is 1. The van der Waals surface area contributed by atoms with Gasteiger partial charge in [-0.1, -0.05) is 19.1 Å². The first-order chi connectivity index (χ1) is 7.51. The average molecular weight is 225 g/mol. The maximum atomic E-state index is 12.9. The molecule has 1 atom stereocenters. The Morgan fingerprint density at radius 2 is 1.88 bits per heavy atom. The fourth-order valence-electron chi connectivity index (χ4n) is 1.74. The molecule has 0 amide bonds. The van der Waals surface area contributed by atoms with Crippen LogP contribution in [0.1, 0.15) is 32.4 Å². The Balaban J connectivity index is 2.97. The summed E-state index contributed by atoms with van der Waals surface area (Å²) in [4.78, 5) is 0.